The zero-order chi connectivity index (χ0) is 30.7. The van der Waals surface area contributed by atoms with Crippen molar-refractivity contribution in [2.75, 3.05) is 37.0 Å². The van der Waals surface area contributed by atoms with E-state index in [2.05, 4.69) is 16.3 Å². The molecule has 0 amide bonds. The Morgan fingerprint density at radius 1 is 0.909 bits per heavy atom. The molecule has 1 fully saturated rings. The van der Waals surface area contributed by atoms with Crippen LogP contribution in [0.5, 0.6) is 5.75 Å². The summed E-state index contributed by atoms with van der Waals surface area (Å²) in [5, 5.41) is 4.00. The van der Waals surface area contributed by atoms with E-state index < -0.39 is 12.0 Å². The van der Waals surface area contributed by atoms with Crippen LogP contribution in [0.3, 0.4) is 0 Å². The summed E-state index contributed by atoms with van der Waals surface area (Å²) >= 11 is 6.30. The van der Waals surface area contributed by atoms with Gasteiger partial charge in [-0.3, -0.25) is 4.79 Å². The van der Waals surface area contributed by atoms with Crippen LogP contribution in [0.15, 0.2) is 103 Å². The van der Waals surface area contributed by atoms with E-state index in [0.29, 0.717) is 35.8 Å². The number of halogens is 1. The second kappa shape index (κ2) is 15.4. The van der Waals surface area contributed by atoms with Crippen LogP contribution in [0.25, 0.3) is 0 Å². The van der Waals surface area contributed by atoms with Crippen LogP contribution in [0.4, 0.5) is 11.4 Å². The van der Waals surface area contributed by atoms with E-state index in [-0.39, 0.29) is 5.78 Å². The number of carbonyl (C=O) groups is 2. The molecule has 5 rings (SSSR count). The summed E-state index contributed by atoms with van der Waals surface area (Å²) in [5.74, 6) is 0.946. The molecular formula is C37H39ClN2O4. The van der Waals surface area contributed by atoms with Crippen molar-refractivity contribution >= 4 is 34.7 Å². The lowest BCUT2D eigenvalue weighted by atomic mass is 10.00. The van der Waals surface area contributed by atoms with Crippen LogP contribution in [0.1, 0.15) is 47.2 Å². The molecule has 0 radical (unpaired) electrons. The fourth-order valence-electron chi connectivity index (χ4n) is 5.81. The van der Waals surface area contributed by atoms with Crippen LogP contribution in [-0.2, 0) is 16.0 Å². The van der Waals surface area contributed by atoms with Gasteiger partial charge in [0.1, 0.15) is 18.4 Å². The Bertz CT molecular complexity index is 1520. The zero-order valence-electron chi connectivity index (χ0n) is 25.1. The van der Waals surface area contributed by atoms with Gasteiger partial charge in [0.25, 0.3) is 0 Å². The molecule has 1 N–H and O–H groups in total. The summed E-state index contributed by atoms with van der Waals surface area (Å²) in [6.45, 7) is 2.30. The van der Waals surface area contributed by atoms with Gasteiger partial charge in [0.15, 0.2) is 5.78 Å². The monoisotopic (exact) mass is 610 g/mol. The third kappa shape index (κ3) is 8.42. The molecule has 1 saturated carbocycles. The average Bonchev–Trinajstić information content (AvgIpc) is 3.58. The number of ether oxygens (including phenoxy) is 2. The number of benzene rings is 4. The number of hydrogen-bond donors (Lipinski definition) is 1. The van der Waals surface area contributed by atoms with Gasteiger partial charge < -0.3 is 19.7 Å². The van der Waals surface area contributed by atoms with Gasteiger partial charge in [-0.1, -0.05) is 85.1 Å². The topological polar surface area (TPSA) is 67.9 Å². The van der Waals surface area contributed by atoms with Crippen molar-refractivity contribution in [1.82, 2.24) is 0 Å². The molecule has 0 aromatic heterocycles. The molecule has 4 aromatic rings. The van der Waals surface area contributed by atoms with Crippen LogP contribution in [0, 0.1) is 5.92 Å². The molecule has 228 valence electrons. The normalized spacial score (nSPS) is 13.7. The lowest BCUT2D eigenvalue weighted by molar-refractivity contribution is -0.141. The Hall–Kier alpha value is -4.29. The first-order chi connectivity index (χ1) is 21.5. The Morgan fingerprint density at radius 3 is 2.36 bits per heavy atom. The first-order valence-corrected chi connectivity index (χ1v) is 15.6. The number of methoxy groups -OCH3 is 1. The van der Waals surface area contributed by atoms with Crippen LogP contribution in [0.2, 0.25) is 5.02 Å². The minimum absolute atomic E-state index is 0.115. The number of esters is 1. The van der Waals surface area contributed by atoms with Crippen molar-refractivity contribution in [3.8, 4) is 5.75 Å². The molecule has 44 heavy (non-hydrogen) atoms. The molecule has 7 heteroatoms. The van der Waals surface area contributed by atoms with Crippen molar-refractivity contribution < 1.29 is 19.1 Å². The number of hydrogen-bond acceptors (Lipinski definition) is 6. The van der Waals surface area contributed by atoms with Crippen molar-refractivity contribution in [2.24, 2.45) is 5.92 Å². The molecule has 0 unspecified atom stereocenters. The smallest absolute Gasteiger partial charge is 0.328 e. The standard InChI is InChI=1S/C37H39ClN2O4/c1-43-37(42)35(39-34-17-8-7-16-33(34)36(41)29-12-3-2-4-13-29)24-27-18-20-32(21-19-27)44-23-22-40(26-28-10-5-6-11-28)31-15-9-14-30(38)25-31/h2-4,7-9,12-21,25,28,35,39H,5-6,10-11,22-24,26H2,1H3/t35-/m0/s1. The number of rotatable bonds is 14. The van der Waals surface area contributed by atoms with Gasteiger partial charge in [0.05, 0.1) is 13.7 Å². The third-order valence-corrected chi connectivity index (χ3v) is 8.38. The molecule has 0 saturated heterocycles. The highest BCUT2D eigenvalue weighted by molar-refractivity contribution is 6.30. The van der Waals surface area contributed by atoms with Crippen molar-refractivity contribution in [2.45, 2.75) is 38.1 Å². The summed E-state index contributed by atoms with van der Waals surface area (Å²) < 4.78 is 11.2. The van der Waals surface area contributed by atoms with E-state index in [4.69, 9.17) is 21.1 Å². The predicted molar refractivity (Wildman–Crippen MR) is 177 cm³/mol. The maximum atomic E-state index is 13.2. The predicted octanol–water partition coefficient (Wildman–Crippen LogP) is 7.84. The van der Waals surface area contributed by atoms with Gasteiger partial charge in [-0.25, -0.2) is 4.79 Å². The van der Waals surface area contributed by atoms with Crippen molar-refractivity contribution in [3.63, 3.8) is 0 Å². The number of carbonyl (C=O) groups excluding carboxylic acids is 2. The maximum Gasteiger partial charge on any atom is 0.328 e. The van der Waals surface area contributed by atoms with Gasteiger partial charge in [-0.2, -0.15) is 0 Å². The minimum atomic E-state index is -0.682. The number of ketones is 1. The van der Waals surface area contributed by atoms with Gasteiger partial charge in [-0.05, 0) is 66.8 Å². The second-order valence-corrected chi connectivity index (χ2v) is 11.7. The third-order valence-electron chi connectivity index (χ3n) is 8.14. The van der Waals surface area contributed by atoms with Gasteiger partial charge in [-0.15, -0.1) is 0 Å². The highest BCUT2D eigenvalue weighted by atomic mass is 35.5. The lowest BCUT2D eigenvalue weighted by Crippen LogP contribution is -2.33. The molecule has 6 nitrogen and oxygen atoms in total. The largest absolute Gasteiger partial charge is 0.492 e. The molecule has 0 spiro atoms. The van der Waals surface area contributed by atoms with Crippen LogP contribution >= 0.6 is 11.6 Å². The first kappa shape index (κ1) is 31.1. The summed E-state index contributed by atoms with van der Waals surface area (Å²) in [7, 11) is 1.37. The number of anilines is 2. The van der Waals surface area contributed by atoms with E-state index in [1.165, 1.54) is 32.8 Å². The van der Waals surface area contributed by atoms with E-state index >= 15 is 0 Å². The average molecular weight is 611 g/mol. The fraction of sp³-hybridized carbons (Fsp3) is 0.297. The fourth-order valence-corrected chi connectivity index (χ4v) is 5.99. The Labute approximate surface area is 265 Å². The molecule has 4 aromatic carbocycles. The first-order valence-electron chi connectivity index (χ1n) is 15.3. The Balaban J connectivity index is 1.21. The van der Waals surface area contributed by atoms with E-state index in [1.54, 1.807) is 18.2 Å². The molecule has 1 atom stereocenters. The van der Waals surface area contributed by atoms with E-state index in [9.17, 15) is 9.59 Å². The van der Waals surface area contributed by atoms with Gasteiger partial charge >= 0.3 is 5.97 Å². The molecule has 0 heterocycles. The highest BCUT2D eigenvalue weighted by Crippen LogP contribution is 2.29. The Morgan fingerprint density at radius 2 is 1.64 bits per heavy atom. The maximum absolute atomic E-state index is 13.2. The SMILES string of the molecule is COC(=O)[C@H](Cc1ccc(OCCN(CC2CCCC2)c2cccc(Cl)c2)cc1)Nc1ccccc1C(=O)c1ccccc1. The summed E-state index contributed by atoms with van der Waals surface area (Å²) in [6, 6.07) is 31.5. The molecule has 0 bridgehead atoms. The zero-order valence-corrected chi connectivity index (χ0v) is 25.8. The summed E-state index contributed by atoms with van der Waals surface area (Å²) in [6.07, 6.45) is 5.54. The van der Waals surface area contributed by atoms with E-state index in [1.807, 2.05) is 78.9 Å². The minimum Gasteiger partial charge on any atom is -0.492 e. The highest BCUT2D eigenvalue weighted by Gasteiger charge is 2.23. The molecular weight excluding hydrogens is 572 g/mol. The number of para-hydroxylation sites is 1. The Kier molecular flexibility index (Phi) is 10.9. The summed E-state index contributed by atoms with van der Waals surface area (Å²) in [4.78, 5) is 28.4. The van der Waals surface area contributed by atoms with Crippen LogP contribution < -0.4 is 15.0 Å². The van der Waals surface area contributed by atoms with E-state index in [0.717, 1.165) is 35.1 Å². The summed E-state index contributed by atoms with van der Waals surface area (Å²) in [5.41, 5.74) is 3.72. The molecule has 1 aliphatic rings. The van der Waals surface area contributed by atoms with Gasteiger partial charge in [0.2, 0.25) is 0 Å². The molecule has 1 aliphatic carbocycles. The van der Waals surface area contributed by atoms with Crippen LogP contribution in [-0.4, -0.2) is 44.6 Å². The van der Waals surface area contributed by atoms with Crippen molar-refractivity contribution in [1.29, 1.82) is 0 Å². The van der Waals surface area contributed by atoms with Crippen molar-refractivity contribution in [3.05, 3.63) is 125 Å². The quantitative estimate of drug-likeness (QED) is 0.116. The number of nitrogens with zero attached hydrogens (tertiary/aromatic N) is 1. The molecule has 0 aliphatic heterocycles. The van der Waals surface area contributed by atoms with Gasteiger partial charge in [0, 0.05) is 40.5 Å². The lowest BCUT2D eigenvalue weighted by Gasteiger charge is -2.28. The second-order valence-electron chi connectivity index (χ2n) is 11.2. The number of nitrogens with one attached hydrogen (secondary N) is 1.